The summed E-state index contributed by atoms with van der Waals surface area (Å²) >= 11 is 0. The first kappa shape index (κ1) is 18.5. The van der Waals surface area contributed by atoms with Crippen molar-refractivity contribution in [1.82, 2.24) is 25.2 Å². The van der Waals surface area contributed by atoms with E-state index in [-0.39, 0.29) is 11.6 Å². The van der Waals surface area contributed by atoms with Gasteiger partial charge in [-0.3, -0.25) is 4.79 Å². The Hall–Kier alpha value is -2.54. The fourth-order valence-corrected chi connectivity index (χ4v) is 5.19. The molecule has 1 saturated heterocycles. The van der Waals surface area contributed by atoms with Gasteiger partial charge in [0.15, 0.2) is 6.04 Å². The molecule has 7 nitrogen and oxygen atoms in total. The van der Waals surface area contributed by atoms with Crippen molar-refractivity contribution in [1.29, 1.82) is 0 Å². The Morgan fingerprint density at radius 2 is 1.90 bits per heavy atom. The van der Waals surface area contributed by atoms with E-state index < -0.39 is 0 Å². The molecule has 0 radical (unpaired) electrons. The number of nitrogens with zero attached hydrogens (tertiary/aromatic N) is 4. The summed E-state index contributed by atoms with van der Waals surface area (Å²) in [6.45, 7) is 4.18. The molecule has 0 unspecified atom stereocenters. The Bertz CT molecular complexity index is 1060. The molecular weight excluding hydrogens is 364 g/mol. The Balaban J connectivity index is 1.65. The monoisotopic (exact) mass is 393 g/mol. The first-order valence-corrected chi connectivity index (χ1v) is 11.0. The van der Waals surface area contributed by atoms with Gasteiger partial charge in [-0.2, -0.15) is 0 Å². The lowest BCUT2D eigenvalue weighted by molar-refractivity contribution is -0.931. The largest absolute Gasteiger partial charge is 0.322 e. The van der Waals surface area contributed by atoms with Gasteiger partial charge in [0.1, 0.15) is 0 Å². The van der Waals surface area contributed by atoms with Gasteiger partial charge in [-0.1, -0.05) is 24.5 Å². The lowest BCUT2D eigenvalue weighted by atomic mass is 9.99. The van der Waals surface area contributed by atoms with Crippen LogP contribution in [0.3, 0.4) is 0 Å². The van der Waals surface area contributed by atoms with Crippen LogP contribution in [-0.4, -0.2) is 38.3 Å². The molecular formula is C22H29N6O+. The van der Waals surface area contributed by atoms with E-state index in [0.717, 1.165) is 48.2 Å². The topological polar surface area (TPSA) is 80.9 Å². The van der Waals surface area contributed by atoms with E-state index in [9.17, 15) is 4.79 Å². The van der Waals surface area contributed by atoms with Gasteiger partial charge in [-0.25, -0.2) is 4.68 Å². The molecule has 1 aliphatic heterocycles. The Kier molecular flexibility index (Phi) is 4.91. The number of rotatable bonds is 4. The highest BCUT2D eigenvalue weighted by atomic mass is 16.1. The molecule has 152 valence electrons. The SMILES string of the molecule is Cc1ccc2[nH]c(=O)c([C@@H](c3nnnn3C3CCCC3)[NH+]3CCCCC3)cc2c1. The molecule has 3 heterocycles. The lowest BCUT2D eigenvalue weighted by Gasteiger charge is -2.31. The van der Waals surface area contributed by atoms with Crippen LogP contribution in [0, 0.1) is 6.92 Å². The average Bonchev–Trinajstić information content (AvgIpc) is 3.41. The summed E-state index contributed by atoms with van der Waals surface area (Å²) in [5, 5.41) is 14.0. The molecule has 3 aromatic rings. The first-order chi connectivity index (χ1) is 14.2. The summed E-state index contributed by atoms with van der Waals surface area (Å²) in [6.07, 6.45) is 8.31. The Morgan fingerprint density at radius 3 is 2.69 bits per heavy atom. The number of benzene rings is 1. The van der Waals surface area contributed by atoms with Crippen LogP contribution in [0.1, 0.15) is 74.0 Å². The number of aryl methyl sites for hydroxylation is 1. The number of tetrazole rings is 1. The molecule has 2 fully saturated rings. The third kappa shape index (κ3) is 3.48. The molecule has 1 saturated carbocycles. The van der Waals surface area contributed by atoms with Gasteiger partial charge in [-0.15, -0.1) is 5.10 Å². The van der Waals surface area contributed by atoms with E-state index in [2.05, 4.69) is 39.6 Å². The predicted molar refractivity (Wildman–Crippen MR) is 111 cm³/mol. The van der Waals surface area contributed by atoms with Crippen molar-refractivity contribution in [2.24, 2.45) is 0 Å². The summed E-state index contributed by atoms with van der Waals surface area (Å²) in [6, 6.07) is 8.46. The highest BCUT2D eigenvalue weighted by molar-refractivity contribution is 5.79. The van der Waals surface area contributed by atoms with E-state index >= 15 is 0 Å². The minimum atomic E-state index is -0.125. The molecule has 1 aliphatic carbocycles. The zero-order chi connectivity index (χ0) is 19.8. The third-order valence-corrected chi connectivity index (χ3v) is 6.69. The van der Waals surface area contributed by atoms with Crippen LogP contribution >= 0.6 is 0 Å². The van der Waals surface area contributed by atoms with Crippen molar-refractivity contribution in [3.8, 4) is 0 Å². The quantitative estimate of drug-likeness (QED) is 0.711. The highest BCUT2D eigenvalue weighted by Crippen LogP contribution is 2.31. The van der Waals surface area contributed by atoms with Gasteiger partial charge >= 0.3 is 0 Å². The second-order valence-electron chi connectivity index (χ2n) is 8.72. The van der Waals surface area contributed by atoms with Crippen LogP contribution in [0.5, 0.6) is 0 Å². The van der Waals surface area contributed by atoms with Crippen molar-refractivity contribution in [3.63, 3.8) is 0 Å². The Morgan fingerprint density at radius 1 is 1.10 bits per heavy atom. The number of aromatic amines is 1. The third-order valence-electron chi connectivity index (χ3n) is 6.69. The van der Waals surface area contributed by atoms with Crippen LogP contribution < -0.4 is 10.5 Å². The lowest BCUT2D eigenvalue weighted by Crippen LogP contribution is -3.13. The maximum Gasteiger partial charge on any atom is 0.258 e. The van der Waals surface area contributed by atoms with Gasteiger partial charge in [0.2, 0.25) is 5.82 Å². The first-order valence-electron chi connectivity index (χ1n) is 11.0. The second kappa shape index (κ2) is 7.71. The molecule has 7 heteroatoms. The number of fused-ring (bicyclic) bond motifs is 1. The molecule has 2 aliphatic rings. The molecule has 29 heavy (non-hydrogen) atoms. The van der Waals surface area contributed by atoms with Crippen molar-refractivity contribution in [2.45, 2.75) is 64.0 Å². The highest BCUT2D eigenvalue weighted by Gasteiger charge is 2.36. The van der Waals surface area contributed by atoms with E-state index in [0.29, 0.717) is 6.04 Å². The van der Waals surface area contributed by atoms with Crippen molar-refractivity contribution in [3.05, 3.63) is 51.6 Å². The smallest absolute Gasteiger partial charge is 0.258 e. The molecule has 1 atom stereocenters. The molecule has 0 spiro atoms. The fourth-order valence-electron chi connectivity index (χ4n) is 5.19. The van der Waals surface area contributed by atoms with E-state index in [1.165, 1.54) is 42.6 Å². The summed E-state index contributed by atoms with van der Waals surface area (Å²) in [4.78, 5) is 17.7. The van der Waals surface area contributed by atoms with Crippen LogP contribution in [0.2, 0.25) is 0 Å². The number of hydrogen-bond donors (Lipinski definition) is 2. The van der Waals surface area contributed by atoms with Crippen molar-refractivity contribution in [2.75, 3.05) is 13.1 Å². The number of piperidine rings is 1. The van der Waals surface area contributed by atoms with E-state index in [1.54, 1.807) is 0 Å². The number of pyridine rings is 1. The van der Waals surface area contributed by atoms with E-state index in [1.807, 2.05) is 16.8 Å². The van der Waals surface area contributed by atoms with Gasteiger partial charge in [0.25, 0.3) is 5.56 Å². The number of hydrogen-bond acceptors (Lipinski definition) is 4. The average molecular weight is 394 g/mol. The number of quaternary nitrogens is 1. The molecule has 1 aromatic carbocycles. The van der Waals surface area contributed by atoms with Gasteiger partial charge in [-0.05, 0) is 73.0 Å². The molecule has 2 aromatic heterocycles. The summed E-state index contributed by atoms with van der Waals surface area (Å²) in [5.74, 6) is 0.853. The van der Waals surface area contributed by atoms with Crippen LogP contribution in [-0.2, 0) is 0 Å². The van der Waals surface area contributed by atoms with Crippen LogP contribution in [0.4, 0.5) is 0 Å². The zero-order valence-corrected chi connectivity index (χ0v) is 17.0. The minimum Gasteiger partial charge on any atom is -0.322 e. The summed E-state index contributed by atoms with van der Waals surface area (Å²) in [7, 11) is 0. The number of nitrogens with one attached hydrogen (secondary N) is 2. The van der Waals surface area contributed by atoms with Crippen molar-refractivity contribution < 1.29 is 4.90 Å². The van der Waals surface area contributed by atoms with Crippen molar-refractivity contribution >= 4 is 10.9 Å². The molecule has 5 rings (SSSR count). The Labute approximate surface area is 170 Å². The number of H-pyrrole nitrogens is 1. The summed E-state index contributed by atoms with van der Waals surface area (Å²) in [5.41, 5.74) is 2.83. The standard InChI is InChI=1S/C22H28N6O/c1-15-9-10-19-16(13-15)14-18(22(29)23-19)20(27-11-5-2-6-12-27)21-24-25-26-28(21)17-7-3-4-8-17/h9-10,13-14,17,20H,2-8,11-12H2,1H3,(H,23,29)/p+1/t20-/m0/s1. The second-order valence-corrected chi connectivity index (χ2v) is 8.72. The predicted octanol–water partition coefficient (Wildman–Crippen LogP) is 2.10. The molecule has 0 amide bonds. The maximum absolute atomic E-state index is 13.2. The van der Waals surface area contributed by atoms with Gasteiger partial charge in [0, 0.05) is 5.52 Å². The van der Waals surface area contributed by atoms with Crippen LogP contribution in [0.15, 0.2) is 29.1 Å². The molecule has 2 N–H and O–H groups in total. The van der Waals surface area contributed by atoms with E-state index in [4.69, 9.17) is 0 Å². The zero-order valence-electron chi connectivity index (χ0n) is 17.0. The molecule has 0 bridgehead atoms. The minimum absolute atomic E-state index is 0.0228. The van der Waals surface area contributed by atoms with Gasteiger partial charge < -0.3 is 9.88 Å². The number of aromatic nitrogens is 5. The number of likely N-dealkylation sites (tertiary alicyclic amines) is 1. The fraction of sp³-hybridized carbons (Fsp3) is 0.545. The van der Waals surface area contributed by atoms with Gasteiger partial charge in [0.05, 0.1) is 24.7 Å². The van der Waals surface area contributed by atoms with Crippen LogP contribution in [0.25, 0.3) is 10.9 Å². The maximum atomic E-state index is 13.2. The normalized spacial score (nSPS) is 19.8. The summed E-state index contributed by atoms with van der Waals surface area (Å²) < 4.78 is 2.03.